The Labute approximate surface area is 175 Å². The molecule has 1 amide bonds. The molecule has 0 fully saturated rings. The standard InChI is InChI=1S/C21H32ClN3O2Si/c1-15(27-28(8,9)21(5,6)7)18(24-23)19(26)25(20(2,3)4)14-16-10-12-17(22)13-11-16/h10-13H,1,14H2,2-9H3. The zero-order chi connectivity index (χ0) is 21.9. The highest BCUT2D eigenvalue weighted by Gasteiger charge is 2.43. The molecule has 1 aromatic rings. The molecule has 0 saturated heterocycles. The molecule has 0 heterocycles. The first-order valence-corrected chi connectivity index (χ1v) is 12.6. The van der Waals surface area contributed by atoms with Crippen LogP contribution in [-0.2, 0) is 15.8 Å². The summed E-state index contributed by atoms with van der Waals surface area (Å²) in [6.45, 7) is 20.4. The maximum absolute atomic E-state index is 13.3. The van der Waals surface area contributed by atoms with Crippen molar-refractivity contribution in [3.63, 3.8) is 0 Å². The lowest BCUT2D eigenvalue weighted by molar-refractivity contribution is -0.134. The summed E-state index contributed by atoms with van der Waals surface area (Å²) < 4.78 is 6.09. The smallest absolute Gasteiger partial charge is 0.418 e. The highest BCUT2D eigenvalue weighted by molar-refractivity contribution is 6.74. The SMILES string of the molecule is C=C(O[Si](C)(C)C(C)(C)C)C(=[N+]=[N-])C(=O)N(Cc1ccc(Cl)cc1)C(C)(C)C. The molecule has 1 aromatic carbocycles. The molecule has 0 saturated carbocycles. The molecule has 28 heavy (non-hydrogen) atoms. The van der Waals surface area contributed by atoms with Gasteiger partial charge in [-0.3, -0.25) is 4.79 Å². The molecule has 5 nitrogen and oxygen atoms in total. The van der Waals surface area contributed by atoms with Crippen LogP contribution in [0.3, 0.4) is 0 Å². The van der Waals surface area contributed by atoms with E-state index in [1.807, 2.05) is 46.0 Å². The summed E-state index contributed by atoms with van der Waals surface area (Å²) in [5.74, 6) is -0.335. The third-order valence-corrected chi connectivity index (χ3v) is 9.68. The number of carbonyl (C=O) groups excluding carboxylic acids is 1. The van der Waals surface area contributed by atoms with Crippen molar-refractivity contribution in [1.29, 1.82) is 0 Å². The molecule has 0 aliphatic rings. The molecular formula is C21H32ClN3O2Si. The minimum absolute atomic E-state index is 0.0768. The van der Waals surface area contributed by atoms with Gasteiger partial charge in [0, 0.05) is 17.1 Å². The number of benzene rings is 1. The van der Waals surface area contributed by atoms with Crippen LogP contribution in [0, 0.1) is 0 Å². The summed E-state index contributed by atoms with van der Waals surface area (Å²) in [4.78, 5) is 18.1. The Bertz CT molecular complexity index is 783. The van der Waals surface area contributed by atoms with Crippen molar-refractivity contribution in [3.05, 3.63) is 52.7 Å². The van der Waals surface area contributed by atoms with Crippen molar-refractivity contribution < 1.29 is 14.0 Å². The fourth-order valence-electron chi connectivity index (χ4n) is 2.24. The molecule has 0 radical (unpaired) electrons. The number of hydrogen-bond donors (Lipinski definition) is 0. The van der Waals surface area contributed by atoms with Gasteiger partial charge in [-0.25, -0.2) is 0 Å². The maximum Gasteiger partial charge on any atom is 0.418 e. The largest absolute Gasteiger partial charge is 0.538 e. The highest BCUT2D eigenvalue weighted by Crippen LogP contribution is 2.38. The van der Waals surface area contributed by atoms with Gasteiger partial charge >= 0.3 is 11.6 Å². The normalized spacial score (nSPS) is 12.2. The summed E-state index contributed by atoms with van der Waals surface area (Å²) in [5.41, 5.74) is 9.82. The second-order valence-corrected chi connectivity index (χ2v) is 14.6. The molecule has 0 atom stereocenters. The molecule has 0 aliphatic heterocycles. The molecule has 0 unspecified atom stereocenters. The third-order valence-electron chi connectivity index (χ3n) is 5.06. The first kappa shape index (κ1) is 24.2. The lowest BCUT2D eigenvalue weighted by Gasteiger charge is -2.37. The van der Waals surface area contributed by atoms with Gasteiger partial charge < -0.3 is 14.9 Å². The molecule has 0 N–H and O–H groups in total. The van der Waals surface area contributed by atoms with Crippen LogP contribution < -0.4 is 0 Å². The van der Waals surface area contributed by atoms with Crippen molar-refractivity contribution in [3.8, 4) is 0 Å². The van der Waals surface area contributed by atoms with Crippen LogP contribution in [0.25, 0.3) is 5.53 Å². The van der Waals surface area contributed by atoms with E-state index in [2.05, 4.69) is 32.1 Å². The van der Waals surface area contributed by atoms with Crippen LogP contribution in [-0.4, -0.2) is 35.2 Å². The first-order valence-electron chi connectivity index (χ1n) is 9.27. The number of amides is 1. The lowest BCUT2D eigenvalue weighted by Crippen LogP contribution is -2.50. The summed E-state index contributed by atoms with van der Waals surface area (Å²) in [5, 5.41) is 0.554. The van der Waals surface area contributed by atoms with E-state index in [9.17, 15) is 10.3 Å². The van der Waals surface area contributed by atoms with Crippen molar-refractivity contribution in [1.82, 2.24) is 4.90 Å². The molecule has 0 bridgehead atoms. The summed E-state index contributed by atoms with van der Waals surface area (Å²) in [7, 11) is -2.23. The Hall–Kier alpha value is -1.88. The number of hydrogen-bond acceptors (Lipinski definition) is 2. The number of rotatable bonds is 6. The van der Waals surface area contributed by atoms with Crippen molar-refractivity contribution >= 4 is 31.5 Å². The Morgan fingerprint density at radius 2 is 1.68 bits per heavy atom. The van der Waals surface area contributed by atoms with Gasteiger partial charge in [0.05, 0.1) is 0 Å². The predicted octanol–water partition coefficient (Wildman–Crippen LogP) is 5.67. The van der Waals surface area contributed by atoms with Gasteiger partial charge in [0.2, 0.25) is 0 Å². The zero-order valence-corrected chi connectivity index (χ0v) is 20.0. The highest BCUT2D eigenvalue weighted by atomic mass is 35.5. The van der Waals surface area contributed by atoms with Crippen LogP contribution in [0.2, 0.25) is 23.2 Å². The van der Waals surface area contributed by atoms with Crippen LogP contribution in [0.5, 0.6) is 0 Å². The van der Waals surface area contributed by atoms with Gasteiger partial charge in [0.25, 0.3) is 8.32 Å². The predicted molar refractivity (Wildman–Crippen MR) is 118 cm³/mol. The first-order chi connectivity index (χ1) is 12.6. The van der Waals surface area contributed by atoms with Gasteiger partial charge in [-0.15, -0.1) is 0 Å². The molecule has 1 rings (SSSR count). The summed E-state index contributed by atoms with van der Waals surface area (Å²) in [6.07, 6.45) is 0. The molecule has 0 spiro atoms. The Balaban J connectivity index is 3.17. The number of halogens is 1. The van der Waals surface area contributed by atoms with E-state index >= 15 is 0 Å². The minimum Gasteiger partial charge on any atom is -0.538 e. The fraction of sp³-hybridized carbons (Fsp3) is 0.524. The van der Waals surface area contributed by atoms with Gasteiger partial charge in [-0.2, -0.15) is 4.79 Å². The maximum atomic E-state index is 13.3. The van der Waals surface area contributed by atoms with E-state index in [0.717, 1.165) is 5.56 Å². The average molecular weight is 422 g/mol. The van der Waals surface area contributed by atoms with E-state index in [4.69, 9.17) is 16.0 Å². The minimum atomic E-state index is -2.23. The number of nitrogens with zero attached hydrogens (tertiary/aromatic N) is 3. The average Bonchev–Trinajstić information content (AvgIpc) is 2.52. The van der Waals surface area contributed by atoms with Gasteiger partial charge in [-0.1, -0.05) is 44.5 Å². The van der Waals surface area contributed by atoms with Gasteiger partial charge in [0.15, 0.2) is 5.76 Å². The van der Waals surface area contributed by atoms with E-state index < -0.39 is 19.8 Å². The lowest BCUT2D eigenvalue weighted by atomic mass is 10.0. The number of carbonyl (C=O) groups is 1. The molecule has 0 aliphatic carbocycles. The van der Waals surface area contributed by atoms with Crippen LogP contribution in [0.1, 0.15) is 47.1 Å². The zero-order valence-electron chi connectivity index (χ0n) is 18.3. The van der Waals surface area contributed by atoms with Crippen molar-refractivity contribution in [2.75, 3.05) is 0 Å². The van der Waals surface area contributed by atoms with E-state index in [1.54, 1.807) is 17.0 Å². The summed E-state index contributed by atoms with van der Waals surface area (Å²) >= 11 is 5.96. The van der Waals surface area contributed by atoms with Crippen LogP contribution in [0.15, 0.2) is 36.6 Å². The van der Waals surface area contributed by atoms with Gasteiger partial charge in [-0.05, 0) is 63.2 Å². The van der Waals surface area contributed by atoms with Crippen LogP contribution >= 0.6 is 11.6 Å². The fourth-order valence-corrected chi connectivity index (χ4v) is 3.39. The monoisotopic (exact) mass is 421 g/mol. The quantitative estimate of drug-likeness (QED) is 0.195. The molecule has 7 heteroatoms. The van der Waals surface area contributed by atoms with Crippen molar-refractivity contribution in [2.45, 2.75) is 71.8 Å². The third kappa shape index (κ3) is 6.06. The molecule has 154 valence electrons. The Morgan fingerprint density at radius 1 is 1.18 bits per heavy atom. The van der Waals surface area contributed by atoms with Crippen molar-refractivity contribution in [2.24, 2.45) is 0 Å². The molecule has 0 aromatic heterocycles. The van der Waals surface area contributed by atoms with E-state index in [-0.39, 0.29) is 16.5 Å². The Morgan fingerprint density at radius 3 is 2.07 bits per heavy atom. The second-order valence-electron chi connectivity index (χ2n) is 9.42. The van der Waals surface area contributed by atoms with E-state index in [1.165, 1.54) is 0 Å². The van der Waals surface area contributed by atoms with Gasteiger partial charge in [0.1, 0.15) is 0 Å². The van der Waals surface area contributed by atoms with E-state index in [0.29, 0.717) is 11.6 Å². The topological polar surface area (TPSA) is 65.9 Å². The second kappa shape index (κ2) is 8.64. The summed E-state index contributed by atoms with van der Waals surface area (Å²) in [6, 6.07) is 7.29. The van der Waals surface area contributed by atoms with Crippen LogP contribution in [0.4, 0.5) is 0 Å². The Kier molecular flexibility index (Phi) is 7.45. The molecular weight excluding hydrogens is 390 g/mol.